The van der Waals surface area contributed by atoms with Gasteiger partial charge in [-0.2, -0.15) is 0 Å². The van der Waals surface area contributed by atoms with Gasteiger partial charge in [-0.05, 0) is 26.2 Å². The fourth-order valence-corrected chi connectivity index (χ4v) is 3.21. The van der Waals surface area contributed by atoms with Crippen LogP contribution in [0.3, 0.4) is 0 Å². The van der Waals surface area contributed by atoms with E-state index < -0.39 is 0 Å². The number of hydrogen-bond acceptors (Lipinski definition) is 3. The van der Waals surface area contributed by atoms with Crippen LogP contribution in [0.15, 0.2) is 6.20 Å². The Kier molecular flexibility index (Phi) is 4.81. The molecule has 1 unspecified atom stereocenters. The lowest BCUT2D eigenvalue weighted by Crippen LogP contribution is -2.16. The van der Waals surface area contributed by atoms with E-state index in [0.717, 1.165) is 29.0 Å². The van der Waals surface area contributed by atoms with Gasteiger partial charge in [-0.1, -0.05) is 25.7 Å². The van der Waals surface area contributed by atoms with Gasteiger partial charge in [0.1, 0.15) is 5.75 Å². The van der Waals surface area contributed by atoms with E-state index in [2.05, 4.69) is 4.98 Å². The highest BCUT2D eigenvalue weighted by Gasteiger charge is 2.20. The van der Waals surface area contributed by atoms with Crippen LogP contribution in [-0.4, -0.2) is 23.3 Å². The summed E-state index contributed by atoms with van der Waals surface area (Å²) in [5, 5.41) is 10.2. The largest absolute Gasteiger partial charge is 0.496 e. The van der Waals surface area contributed by atoms with E-state index in [1.54, 1.807) is 7.11 Å². The first kappa shape index (κ1) is 14.3. The fourth-order valence-electron chi connectivity index (χ4n) is 3.21. The van der Waals surface area contributed by atoms with Gasteiger partial charge < -0.3 is 9.84 Å². The van der Waals surface area contributed by atoms with E-state index in [1.807, 2.05) is 20.0 Å². The van der Waals surface area contributed by atoms with Gasteiger partial charge in [-0.15, -0.1) is 0 Å². The number of hydrogen-bond donors (Lipinski definition) is 1. The summed E-state index contributed by atoms with van der Waals surface area (Å²) in [6, 6.07) is 0. The van der Waals surface area contributed by atoms with Crippen LogP contribution in [0, 0.1) is 19.8 Å². The molecule has 0 aliphatic heterocycles. The molecule has 0 bridgehead atoms. The second-order valence-corrected chi connectivity index (χ2v) is 5.79. The number of ether oxygens (including phenoxy) is 1. The summed E-state index contributed by atoms with van der Waals surface area (Å²) in [6.45, 7) is 4.02. The van der Waals surface area contributed by atoms with Gasteiger partial charge in [0.25, 0.3) is 0 Å². The molecule has 1 heterocycles. The summed E-state index contributed by atoms with van der Waals surface area (Å²) >= 11 is 0. The van der Waals surface area contributed by atoms with Crippen molar-refractivity contribution >= 4 is 0 Å². The Hall–Kier alpha value is -1.09. The van der Waals surface area contributed by atoms with E-state index in [0.29, 0.717) is 12.3 Å². The highest BCUT2D eigenvalue weighted by Crippen LogP contribution is 2.30. The quantitative estimate of drug-likeness (QED) is 0.887. The van der Waals surface area contributed by atoms with Gasteiger partial charge in [-0.25, -0.2) is 0 Å². The molecule has 106 valence electrons. The number of aryl methyl sites for hydroxylation is 1. The lowest BCUT2D eigenvalue weighted by molar-refractivity contribution is 0.142. The third-order valence-corrected chi connectivity index (χ3v) is 4.26. The van der Waals surface area contributed by atoms with Crippen LogP contribution in [0.2, 0.25) is 0 Å². The maximum Gasteiger partial charge on any atom is 0.128 e. The van der Waals surface area contributed by atoms with Crippen LogP contribution in [0.1, 0.15) is 48.9 Å². The number of pyridine rings is 1. The Balaban J connectivity index is 2.01. The van der Waals surface area contributed by atoms with Crippen molar-refractivity contribution in [1.29, 1.82) is 0 Å². The zero-order chi connectivity index (χ0) is 13.8. The maximum atomic E-state index is 10.2. The molecule has 1 aromatic rings. The zero-order valence-electron chi connectivity index (χ0n) is 12.3. The van der Waals surface area contributed by atoms with Crippen molar-refractivity contribution < 1.29 is 9.84 Å². The minimum absolute atomic E-state index is 0.276. The highest BCUT2D eigenvalue weighted by atomic mass is 16.5. The maximum absolute atomic E-state index is 10.2. The fraction of sp³-hybridized carbons (Fsp3) is 0.688. The summed E-state index contributed by atoms with van der Waals surface area (Å²) in [5.41, 5.74) is 3.08. The number of rotatable bonds is 5. The van der Waals surface area contributed by atoms with Crippen molar-refractivity contribution in [2.24, 2.45) is 5.92 Å². The van der Waals surface area contributed by atoms with E-state index in [9.17, 15) is 5.11 Å². The Morgan fingerprint density at radius 3 is 2.68 bits per heavy atom. The molecule has 1 N–H and O–H groups in total. The molecule has 0 amide bonds. The minimum Gasteiger partial charge on any atom is -0.496 e. The SMILES string of the molecule is COc1c(C)cnc(CC(O)CC2CCCC2)c1C. The monoisotopic (exact) mass is 263 g/mol. The minimum atomic E-state index is -0.276. The zero-order valence-corrected chi connectivity index (χ0v) is 12.3. The van der Waals surface area contributed by atoms with Gasteiger partial charge >= 0.3 is 0 Å². The van der Waals surface area contributed by atoms with E-state index in [1.165, 1.54) is 25.7 Å². The number of nitrogens with zero attached hydrogens (tertiary/aromatic N) is 1. The van der Waals surface area contributed by atoms with Gasteiger partial charge in [0.15, 0.2) is 0 Å². The molecular formula is C16H25NO2. The third-order valence-electron chi connectivity index (χ3n) is 4.26. The summed E-state index contributed by atoms with van der Waals surface area (Å²) in [5.74, 6) is 1.61. The molecule has 1 saturated carbocycles. The van der Waals surface area contributed by atoms with Crippen LogP contribution in [-0.2, 0) is 6.42 Å². The van der Waals surface area contributed by atoms with Crippen molar-refractivity contribution in [2.45, 2.75) is 58.5 Å². The van der Waals surface area contributed by atoms with Gasteiger partial charge in [0.05, 0.1) is 13.2 Å². The molecule has 2 rings (SSSR count). The van der Waals surface area contributed by atoms with Crippen molar-refractivity contribution in [3.05, 3.63) is 23.0 Å². The van der Waals surface area contributed by atoms with Crippen LogP contribution in [0.4, 0.5) is 0 Å². The highest BCUT2D eigenvalue weighted by molar-refractivity contribution is 5.41. The molecule has 1 aliphatic rings. The molecule has 3 nitrogen and oxygen atoms in total. The Morgan fingerprint density at radius 2 is 2.05 bits per heavy atom. The molecule has 0 spiro atoms. The average molecular weight is 263 g/mol. The van der Waals surface area contributed by atoms with E-state index in [4.69, 9.17) is 4.74 Å². The summed E-state index contributed by atoms with van der Waals surface area (Å²) < 4.78 is 5.41. The Morgan fingerprint density at radius 1 is 1.37 bits per heavy atom. The topological polar surface area (TPSA) is 42.4 Å². The van der Waals surface area contributed by atoms with E-state index >= 15 is 0 Å². The molecular weight excluding hydrogens is 238 g/mol. The standard InChI is InChI=1S/C16H25NO2/c1-11-10-17-15(12(2)16(11)19-3)9-14(18)8-13-6-4-5-7-13/h10,13-14,18H,4-9H2,1-3H3. The predicted octanol–water partition coefficient (Wildman–Crippen LogP) is 3.19. The summed E-state index contributed by atoms with van der Waals surface area (Å²) in [4.78, 5) is 4.46. The molecule has 1 aliphatic carbocycles. The summed E-state index contributed by atoms with van der Waals surface area (Å²) in [6.07, 6.45) is 8.32. The van der Waals surface area contributed by atoms with Gasteiger partial charge in [0, 0.05) is 29.4 Å². The molecule has 0 aromatic carbocycles. The number of aliphatic hydroxyl groups excluding tert-OH is 1. The van der Waals surface area contributed by atoms with Crippen LogP contribution >= 0.6 is 0 Å². The molecule has 0 radical (unpaired) electrons. The van der Waals surface area contributed by atoms with Crippen molar-refractivity contribution in [1.82, 2.24) is 4.98 Å². The molecule has 19 heavy (non-hydrogen) atoms. The number of methoxy groups -OCH3 is 1. The van der Waals surface area contributed by atoms with E-state index in [-0.39, 0.29) is 6.10 Å². The number of aromatic nitrogens is 1. The van der Waals surface area contributed by atoms with Crippen LogP contribution in [0.25, 0.3) is 0 Å². The Labute approximate surface area is 116 Å². The van der Waals surface area contributed by atoms with Crippen molar-refractivity contribution in [2.75, 3.05) is 7.11 Å². The normalized spacial score (nSPS) is 17.7. The first-order valence-electron chi connectivity index (χ1n) is 7.29. The lowest BCUT2D eigenvalue weighted by Gasteiger charge is -2.17. The molecule has 0 saturated heterocycles. The average Bonchev–Trinajstić information content (AvgIpc) is 2.86. The smallest absolute Gasteiger partial charge is 0.128 e. The van der Waals surface area contributed by atoms with Crippen LogP contribution < -0.4 is 4.74 Å². The third kappa shape index (κ3) is 3.47. The van der Waals surface area contributed by atoms with Crippen LogP contribution in [0.5, 0.6) is 5.75 Å². The number of aliphatic hydroxyl groups is 1. The second-order valence-electron chi connectivity index (χ2n) is 5.79. The van der Waals surface area contributed by atoms with Gasteiger partial charge in [0.2, 0.25) is 0 Å². The lowest BCUT2D eigenvalue weighted by atomic mass is 9.96. The van der Waals surface area contributed by atoms with Gasteiger partial charge in [-0.3, -0.25) is 4.98 Å². The van der Waals surface area contributed by atoms with Crippen molar-refractivity contribution in [3.8, 4) is 5.75 Å². The summed E-state index contributed by atoms with van der Waals surface area (Å²) in [7, 11) is 1.69. The molecule has 1 atom stereocenters. The second kappa shape index (κ2) is 6.38. The first-order valence-corrected chi connectivity index (χ1v) is 7.29. The molecule has 3 heteroatoms. The van der Waals surface area contributed by atoms with Crippen molar-refractivity contribution in [3.63, 3.8) is 0 Å². The predicted molar refractivity (Wildman–Crippen MR) is 76.5 cm³/mol. The Bertz CT molecular complexity index is 425. The molecule has 1 fully saturated rings. The molecule has 1 aromatic heterocycles. The first-order chi connectivity index (χ1) is 9.11.